The third kappa shape index (κ3) is 3.29. The summed E-state index contributed by atoms with van der Waals surface area (Å²) in [4.78, 5) is 12.4. The van der Waals surface area contributed by atoms with Crippen LogP contribution in [0.4, 0.5) is 0 Å². The van der Waals surface area contributed by atoms with Gasteiger partial charge in [-0.15, -0.1) is 0 Å². The summed E-state index contributed by atoms with van der Waals surface area (Å²) < 4.78 is 10.7. The monoisotopic (exact) mass is 278 g/mol. The van der Waals surface area contributed by atoms with Crippen molar-refractivity contribution in [3.8, 4) is 5.75 Å². The number of nitrogens with one attached hydrogen (secondary N) is 2. The molecule has 0 unspecified atom stereocenters. The van der Waals surface area contributed by atoms with Gasteiger partial charge in [-0.3, -0.25) is 4.79 Å². The summed E-state index contributed by atoms with van der Waals surface area (Å²) in [6.07, 6.45) is 1.40. The molecule has 0 aromatic heterocycles. The van der Waals surface area contributed by atoms with Gasteiger partial charge in [0, 0.05) is 13.7 Å². The molecule has 1 fully saturated rings. The van der Waals surface area contributed by atoms with Gasteiger partial charge in [0.05, 0.1) is 7.11 Å². The van der Waals surface area contributed by atoms with Gasteiger partial charge in [-0.25, -0.2) is 0 Å². The summed E-state index contributed by atoms with van der Waals surface area (Å²) >= 11 is 0. The zero-order valence-electron chi connectivity index (χ0n) is 12.1. The number of hydrogen-bond acceptors (Lipinski definition) is 4. The predicted molar refractivity (Wildman–Crippen MR) is 76.7 cm³/mol. The van der Waals surface area contributed by atoms with E-state index in [1.165, 1.54) is 0 Å². The van der Waals surface area contributed by atoms with E-state index in [9.17, 15) is 4.79 Å². The molecule has 5 nitrogen and oxygen atoms in total. The van der Waals surface area contributed by atoms with Crippen LogP contribution in [0.5, 0.6) is 5.75 Å². The van der Waals surface area contributed by atoms with Crippen LogP contribution >= 0.6 is 0 Å². The molecular formula is C15H22N2O3. The van der Waals surface area contributed by atoms with Crippen LogP contribution in [0.25, 0.3) is 0 Å². The molecule has 0 spiro atoms. The fourth-order valence-corrected chi connectivity index (χ4v) is 2.48. The second-order valence-electron chi connectivity index (χ2n) is 4.98. The van der Waals surface area contributed by atoms with Gasteiger partial charge in [-0.2, -0.15) is 0 Å². The lowest BCUT2D eigenvalue weighted by molar-refractivity contribution is -0.146. The van der Waals surface area contributed by atoms with E-state index in [-0.39, 0.29) is 5.91 Å². The van der Waals surface area contributed by atoms with Crippen LogP contribution in [0.1, 0.15) is 18.4 Å². The van der Waals surface area contributed by atoms with E-state index < -0.39 is 5.60 Å². The number of carbonyl (C=O) groups is 1. The maximum atomic E-state index is 12.4. The van der Waals surface area contributed by atoms with E-state index in [0.717, 1.165) is 24.4 Å². The topological polar surface area (TPSA) is 59.6 Å². The fraction of sp³-hybridized carbons (Fsp3) is 0.533. The zero-order valence-corrected chi connectivity index (χ0v) is 12.1. The minimum absolute atomic E-state index is 0.0377. The number of methoxy groups -OCH3 is 2. The molecule has 1 heterocycles. The van der Waals surface area contributed by atoms with Crippen LogP contribution in [-0.2, 0) is 16.1 Å². The van der Waals surface area contributed by atoms with Crippen molar-refractivity contribution in [3.05, 3.63) is 29.8 Å². The maximum absolute atomic E-state index is 12.4. The average molecular weight is 278 g/mol. The first-order valence-corrected chi connectivity index (χ1v) is 6.87. The largest absolute Gasteiger partial charge is 0.497 e. The normalized spacial score (nSPS) is 17.5. The molecular weight excluding hydrogens is 256 g/mol. The highest BCUT2D eigenvalue weighted by molar-refractivity contribution is 5.85. The number of rotatable bonds is 5. The predicted octanol–water partition coefficient (Wildman–Crippen LogP) is 1.08. The second kappa shape index (κ2) is 6.72. The molecule has 0 saturated carbocycles. The van der Waals surface area contributed by atoms with E-state index in [0.29, 0.717) is 19.4 Å². The van der Waals surface area contributed by atoms with E-state index in [2.05, 4.69) is 10.6 Å². The first-order chi connectivity index (χ1) is 9.70. The van der Waals surface area contributed by atoms with Crippen LogP contribution in [-0.4, -0.2) is 38.8 Å². The third-order valence-corrected chi connectivity index (χ3v) is 3.80. The number of amides is 1. The van der Waals surface area contributed by atoms with Crippen LogP contribution in [0.2, 0.25) is 0 Å². The smallest absolute Gasteiger partial charge is 0.252 e. The molecule has 1 aliphatic heterocycles. The molecule has 1 aliphatic rings. The van der Waals surface area contributed by atoms with Crippen LogP contribution in [0.15, 0.2) is 24.3 Å². The van der Waals surface area contributed by atoms with Gasteiger partial charge in [-0.05, 0) is 43.6 Å². The molecule has 2 N–H and O–H groups in total. The molecule has 1 aromatic rings. The molecule has 0 bridgehead atoms. The molecule has 1 amide bonds. The van der Waals surface area contributed by atoms with Gasteiger partial charge in [-0.1, -0.05) is 12.1 Å². The lowest BCUT2D eigenvalue weighted by Gasteiger charge is -2.34. The SMILES string of the molecule is COc1cccc(CNC(=O)C2(OC)CCNCC2)c1. The summed E-state index contributed by atoms with van der Waals surface area (Å²) in [5.41, 5.74) is 0.322. The van der Waals surface area contributed by atoms with E-state index in [4.69, 9.17) is 9.47 Å². The maximum Gasteiger partial charge on any atom is 0.252 e. The Labute approximate surface area is 119 Å². The van der Waals surface area contributed by atoms with Crippen molar-refractivity contribution in [1.82, 2.24) is 10.6 Å². The van der Waals surface area contributed by atoms with Crippen molar-refractivity contribution in [2.45, 2.75) is 25.0 Å². The van der Waals surface area contributed by atoms with Crippen molar-refractivity contribution < 1.29 is 14.3 Å². The standard InChI is InChI=1S/C15H22N2O3/c1-19-13-5-3-4-12(10-13)11-17-14(18)15(20-2)6-8-16-9-7-15/h3-5,10,16H,6-9,11H2,1-2H3,(H,17,18). The number of benzene rings is 1. The minimum Gasteiger partial charge on any atom is -0.497 e. The summed E-state index contributed by atoms with van der Waals surface area (Å²) in [5, 5.41) is 6.21. The number of hydrogen-bond donors (Lipinski definition) is 2. The van der Waals surface area contributed by atoms with Gasteiger partial charge >= 0.3 is 0 Å². The highest BCUT2D eigenvalue weighted by Gasteiger charge is 2.39. The molecule has 0 aliphatic carbocycles. The number of piperidine rings is 1. The Bertz CT molecular complexity index is 456. The molecule has 20 heavy (non-hydrogen) atoms. The van der Waals surface area contributed by atoms with Crippen molar-refractivity contribution >= 4 is 5.91 Å². The van der Waals surface area contributed by atoms with Gasteiger partial charge in [0.15, 0.2) is 0 Å². The number of ether oxygens (including phenoxy) is 2. The number of carbonyl (C=O) groups excluding carboxylic acids is 1. The van der Waals surface area contributed by atoms with Gasteiger partial charge in [0.2, 0.25) is 0 Å². The molecule has 1 saturated heterocycles. The van der Waals surface area contributed by atoms with Gasteiger partial charge < -0.3 is 20.1 Å². The average Bonchev–Trinajstić information content (AvgIpc) is 2.53. The summed E-state index contributed by atoms with van der Waals surface area (Å²) in [5.74, 6) is 0.754. The van der Waals surface area contributed by atoms with Crippen LogP contribution in [0, 0.1) is 0 Å². The van der Waals surface area contributed by atoms with Crippen LogP contribution < -0.4 is 15.4 Å². The second-order valence-corrected chi connectivity index (χ2v) is 4.98. The minimum atomic E-state index is -0.690. The summed E-state index contributed by atoms with van der Waals surface area (Å²) in [6, 6.07) is 7.68. The Kier molecular flexibility index (Phi) is 4.98. The molecule has 110 valence electrons. The highest BCUT2D eigenvalue weighted by Crippen LogP contribution is 2.23. The van der Waals surface area contributed by atoms with Crippen molar-refractivity contribution in [3.63, 3.8) is 0 Å². The van der Waals surface area contributed by atoms with E-state index in [1.54, 1.807) is 14.2 Å². The van der Waals surface area contributed by atoms with Crippen molar-refractivity contribution in [1.29, 1.82) is 0 Å². The Balaban J connectivity index is 1.96. The van der Waals surface area contributed by atoms with Gasteiger partial charge in [0.25, 0.3) is 5.91 Å². The zero-order chi connectivity index (χ0) is 14.4. The van der Waals surface area contributed by atoms with E-state index in [1.807, 2.05) is 24.3 Å². The molecule has 2 rings (SSSR count). The lowest BCUT2D eigenvalue weighted by atomic mass is 9.91. The van der Waals surface area contributed by atoms with Gasteiger partial charge in [0.1, 0.15) is 11.4 Å². The molecule has 1 aromatic carbocycles. The fourth-order valence-electron chi connectivity index (χ4n) is 2.48. The lowest BCUT2D eigenvalue weighted by Crippen LogP contribution is -2.53. The summed E-state index contributed by atoms with van der Waals surface area (Å²) in [7, 11) is 3.24. The van der Waals surface area contributed by atoms with Crippen molar-refractivity contribution in [2.24, 2.45) is 0 Å². The Morgan fingerprint density at radius 3 is 2.75 bits per heavy atom. The Hall–Kier alpha value is -1.59. The molecule has 0 atom stereocenters. The van der Waals surface area contributed by atoms with Crippen LogP contribution in [0.3, 0.4) is 0 Å². The highest BCUT2D eigenvalue weighted by atomic mass is 16.5. The Morgan fingerprint density at radius 2 is 2.10 bits per heavy atom. The quantitative estimate of drug-likeness (QED) is 0.846. The first-order valence-electron chi connectivity index (χ1n) is 6.87. The molecule has 5 heteroatoms. The third-order valence-electron chi connectivity index (χ3n) is 3.80. The van der Waals surface area contributed by atoms with E-state index >= 15 is 0 Å². The Morgan fingerprint density at radius 1 is 1.35 bits per heavy atom. The molecule has 0 radical (unpaired) electrons. The summed E-state index contributed by atoms with van der Waals surface area (Å²) in [6.45, 7) is 2.09. The van der Waals surface area contributed by atoms with Crippen molar-refractivity contribution in [2.75, 3.05) is 27.3 Å². The first kappa shape index (κ1) is 14.8.